The van der Waals surface area contributed by atoms with Crippen molar-refractivity contribution < 1.29 is 0 Å². The standard InChI is InChI=1S/C6H9N5O2/c1-3-2-9-6(13)11(4(3)12)10-5(7)8/h2H,1H3,(H,9,13)(H4,7,8,10). The minimum absolute atomic E-state index is 0.349. The lowest BCUT2D eigenvalue weighted by Crippen LogP contribution is -2.36. The maximum atomic E-state index is 11.2. The number of nitrogens with two attached hydrogens (primary N) is 2. The molecule has 0 amide bonds. The first-order valence-electron chi connectivity index (χ1n) is 3.43. The molecule has 1 aromatic heterocycles. The fraction of sp³-hybridized carbons (Fsp3) is 0.167. The molecular weight excluding hydrogens is 174 g/mol. The van der Waals surface area contributed by atoms with Crippen molar-refractivity contribution in [2.24, 2.45) is 16.6 Å². The molecule has 0 saturated carbocycles. The van der Waals surface area contributed by atoms with E-state index in [1.807, 2.05) is 0 Å². The highest BCUT2D eigenvalue weighted by Crippen LogP contribution is 1.78. The van der Waals surface area contributed by atoms with Gasteiger partial charge >= 0.3 is 5.69 Å². The summed E-state index contributed by atoms with van der Waals surface area (Å²) in [5.41, 5.74) is 9.19. The minimum Gasteiger partial charge on any atom is -0.369 e. The average Bonchev–Trinajstić information content (AvgIpc) is 2.05. The monoisotopic (exact) mass is 183 g/mol. The van der Waals surface area contributed by atoms with Crippen molar-refractivity contribution in [1.29, 1.82) is 0 Å². The summed E-state index contributed by atoms with van der Waals surface area (Å²) in [4.78, 5) is 24.6. The van der Waals surface area contributed by atoms with E-state index in [0.29, 0.717) is 10.2 Å². The van der Waals surface area contributed by atoms with E-state index >= 15 is 0 Å². The Morgan fingerprint density at radius 2 is 2.15 bits per heavy atom. The fourth-order valence-electron chi connectivity index (χ4n) is 0.758. The molecule has 5 N–H and O–H groups in total. The third-order valence-electron chi connectivity index (χ3n) is 1.35. The number of hydrogen-bond acceptors (Lipinski definition) is 3. The number of aromatic nitrogens is 2. The van der Waals surface area contributed by atoms with Gasteiger partial charge in [0.2, 0.25) is 5.96 Å². The number of aryl methyl sites for hydroxylation is 1. The van der Waals surface area contributed by atoms with Crippen LogP contribution in [0.25, 0.3) is 0 Å². The van der Waals surface area contributed by atoms with Gasteiger partial charge in [-0.25, -0.2) is 4.79 Å². The number of nitrogens with one attached hydrogen (secondary N) is 1. The summed E-state index contributed by atoms with van der Waals surface area (Å²) in [6.45, 7) is 1.54. The lowest BCUT2D eigenvalue weighted by atomic mass is 10.4. The van der Waals surface area contributed by atoms with Crippen molar-refractivity contribution in [3.63, 3.8) is 0 Å². The number of nitrogens with zero attached hydrogens (tertiary/aromatic N) is 2. The highest BCUT2D eigenvalue weighted by Gasteiger charge is 2.01. The van der Waals surface area contributed by atoms with Gasteiger partial charge in [-0.2, -0.15) is 0 Å². The Hall–Kier alpha value is -2.05. The lowest BCUT2D eigenvalue weighted by molar-refractivity contribution is 0.738. The van der Waals surface area contributed by atoms with E-state index in [0.717, 1.165) is 0 Å². The van der Waals surface area contributed by atoms with Crippen molar-refractivity contribution in [1.82, 2.24) is 9.66 Å². The van der Waals surface area contributed by atoms with Crippen molar-refractivity contribution in [3.8, 4) is 0 Å². The second-order valence-electron chi connectivity index (χ2n) is 2.42. The van der Waals surface area contributed by atoms with Crippen LogP contribution in [0, 0.1) is 6.92 Å². The maximum Gasteiger partial charge on any atom is 0.349 e. The van der Waals surface area contributed by atoms with Gasteiger partial charge < -0.3 is 16.5 Å². The normalized spacial score (nSPS) is 9.62. The lowest BCUT2D eigenvalue weighted by Gasteiger charge is -1.97. The van der Waals surface area contributed by atoms with Gasteiger partial charge in [0.25, 0.3) is 5.56 Å². The van der Waals surface area contributed by atoms with Crippen LogP contribution in [0.1, 0.15) is 5.56 Å². The Labute approximate surface area is 72.7 Å². The molecule has 70 valence electrons. The van der Waals surface area contributed by atoms with E-state index in [9.17, 15) is 9.59 Å². The fourth-order valence-corrected chi connectivity index (χ4v) is 0.758. The number of guanidine groups is 1. The largest absolute Gasteiger partial charge is 0.369 e. The van der Waals surface area contributed by atoms with Gasteiger partial charge in [0.1, 0.15) is 0 Å². The second-order valence-corrected chi connectivity index (χ2v) is 2.42. The molecule has 0 bridgehead atoms. The molecule has 0 saturated heterocycles. The number of H-pyrrole nitrogens is 1. The van der Waals surface area contributed by atoms with Crippen LogP contribution in [-0.2, 0) is 0 Å². The van der Waals surface area contributed by atoms with Gasteiger partial charge in [0.15, 0.2) is 0 Å². The van der Waals surface area contributed by atoms with E-state index in [1.54, 1.807) is 0 Å². The highest BCUT2D eigenvalue weighted by molar-refractivity contribution is 5.75. The third-order valence-corrected chi connectivity index (χ3v) is 1.35. The topological polar surface area (TPSA) is 119 Å². The van der Waals surface area contributed by atoms with Crippen LogP contribution in [-0.4, -0.2) is 15.6 Å². The third kappa shape index (κ3) is 1.75. The molecule has 0 fully saturated rings. The van der Waals surface area contributed by atoms with Crippen LogP contribution >= 0.6 is 0 Å². The van der Waals surface area contributed by atoms with E-state index in [4.69, 9.17) is 11.5 Å². The summed E-state index contributed by atoms with van der Waals surface area (Å²) in [7, 11) is 0. The van der Waals surface area contributed by atoms with E-state index in [-0.39, 0.29) is 5.96 Å². The number of aromatic amines is 1. The minimum atomic E-state index is -0.677. The summed E-state index contributed by atoms with van der Waals surface area (Å²) in [6.07, 6.45) is 1.30. The van der Waals surface area contributed by atoms with E-state index in [2.05, 4.69) is 10.1 Å². The van der Waals surface area contributed by atoms with Crippen molar-refractivity contribution in [2.45, 2.75) is 6.92 Å². The number of hydrogen-bond donors (Lipinski definition) is 3. The first-order valence-corrected chi connectivity index (χ1v) is 3.43. The molecule has 7 heteroatoms. The molecule has 0 aliphatic rings. The van der Waals surface area contributed by atoms with Gasteiger partial charge in [-0.05, 0) is 6.92 Å². The zero-order valence-electron chi connectivity index (χ0n) is 6.94. The predicted molar refractivity (Wildman–Crippen MR) is 47.3 cm³/mol. The Morgan fingerprint density at radius 3 is 2.69 bits per heavy atom. The van der Waals surface area contributed by atoms with Crippen LogP contribution in [0.5, 0.6) is 0 Å². The molecule has 7 nitrogen and oxygen atoms in total. The summed E-state index contributed by atoms with van der Waals surface area (Å²) in [5, 5.41) is 3.35. The van der Waals surface area contributed by atoms with Crippen molar-refractivity contribution in [3.05, 3.63) is 32.6 Å². The smallest absolute Gasteiger partial charge is 0.349 e. The first-order chi connectivity index (χ1) is 6.02. The Morgan fingerprint density at radius 1 is 1.54 bits per heavy atom. The summed E-state index contributed by atoms with van der Waals surface area (Å²) in [6, 6.07) is 0. The summed E-state index contributed by atoms with van der Waals surface area (Å²) in [5.74, 6) is -0.349. The molecule has 0 radical (unpaired) electrons. The van der Waals surface area contributed by atoms with Crippen LogP contribution in [0.3, 0.4) is 0 Å². The zero-order valence-corrected chi connectivity index (χ0v) is 6.94. The van der Waals surface area contributed by atoms with E-state index < -0.39 is 11.2 Å². The molecule has 1 rings (SSSR count). The number of rotatable bonds is 1. The van der Waals surface area contributed by atoms with Crippen molar-refractivity contribution in [2.75, 3.05) is 0 Å². The summed E-state index contributed by atoms with van der Waals surface area (Å²) < 4.78 is 0.574. The Bertz CT molecular complexity index is 451. The molecule has 13 heavy (non-hydrogen) atoms. The molecule has 0 aliphatic heterocycles. The summed E-state index contributed by atoms with van der Waals surface area (Å²) >= 11 is 0. The molecular formula is C6H9N5O2. The molecule has 0 aliphatic carbocycles. The van der Waals surface area contributed by atoms with Gasteiger partial charge in [-0.3, -0.25) is 4.79 Å². The van der Waals surface area contributed by atoms with Crippen LogP contribution in [0.15, 0.2) is 20.9 Å². The molecule has 0 atom stereocenters. The molecule has 0 unspecified atom stereocenters. The Balaban J connectivity index is 3.53. The van der Waals surface area contributed by atoms with Crippen LogP contribution < -0.4 is 22.7 Å². The van der Waals surface area contributed by atoms with Gasteiger partial charge in [-0.15, -0.1) is 9.78 Å². The molecule has 0 aromatic carbocycles. The van der Waals surface area contributed by atoms with Crippen LogP contribution in [0.2, 0.25) is 0 Å². The van der Waals surface area contributed by atoms with Gasteiger partial charge in [-0.1, -0.05) is 0 Å². The molecule has 0 spiro atoms. The average molecular weight is 183 g/mol. The van der Waals surface area contributed by atoms with Crippen LogP contribution in [0.4, 0.5) is 0 Å². The quantitative estimate of drug-likeness (QED) is 0.340. The highest BCUT2D eigenvalue weighted by atomic mass is 16.2. The predicted octanol–water partition coefficient (Wildman–Crippen LogP) is -2.12. The Kier molecular flexibility index (Phi) is 2.18. The maximum absolute atomic E-state index is 11.2. The SMILES string of the molecule is Cc1c[nH]c(=O)n(N=C(N)N)c1=O. The second kappa shape index (κ2) is 3.13. The van der Waals surface area contributed by atoms with E-state index in [1.165, 1.54) is 13.1 Å². The molecule has 1 heterocycles. The first kappa shape index (κ1) is 9.04. The van der Waals surface area contributed by atoms with Gasteiger partial charge in [0.05, 0.1) is 0 Å². The van der Waals surface area contributed by atoms with Gasteiger partial charge in [0, 0.05) is 11.8 Å². The molecule has 1 aromatic rings. The zero-order chi connectivity index (χ0) is 10.0. The van der Waals surface area contributed by atoms with Crippen molar-refractivity contribution >= 4 is 5.96 Å².